The molecule has 0 heterocycles. The Morgan fingerprint density at radius 2 is 1.16 bits per heavy atom. The van der Waals surface area contributed by atoms with Crippen LogP contribution < -0.4 is 9.47 Å². The van der Waals surface area contributed by atoms with Crippen LogP contribution in [0.1, 0.15) is 105 Å². The van der Waals surface area contributed by atoms with E-state index in [9.17, 15) is 9.59 Å². The van der Waals surface area contributed by atoms with Gasteiger partial charge in [-0.15, -0.1) is 0 Å². The molecule has 0 spiro atoms. The molecule has 0 bridgehead atoms. The van der Waals surface area contributed by atoms with Crippen molar-refractivity contribution in [1.29, 1.82) is 0 Å². The third-order valence-electron chi connectivity index (χ3n) is 5.29. The van der Waals surface area contributed by atoms with Crippen LogP contribution >= 0.6 is 0 Å². The molecule has 1 aromatic rings. The number of hydrogen-bond donors (Lipinski definition) is 0. The van der Waals surface area contributed by atoms with Crippen LogP contribution in [-0.4, -0.2) is 11.9 Å². The van der Waals surface area contributed by atoms with E-state index in [1.54, 1.807) is 6.07 Å². The first kappa shape index (κ1) is 27.2. The lowest BCUT2D eigenvalue weighted by Gasteiger charge is -2.13. The summed E-state index contributed by atoms with van der Waals surface area (Å²) in [7, 11) is 0. The monoisotopic (exact) mass is 432 g/mol. The summed E-state index contributed by atoms with van der Waals surface area (Å²) in [5.41, 5.74) is 1.09. The lowest BCUT2D eigenvalue weighted by molar-refractivity contribution is -0.137. The Hall–Kier alpha value is -1.84. The van der Waals surface area contributed by atoms with Crippen LogP contribution in [-0.2, 0) is 16.0 Å². The number of carbonyl (C=O) groups excluding carboxylic acids is 2. The molecule has 0 aromatic heterocycles. The van der Waals surface area contributed by atoms with Crippen molar-refractivity contribution in [1.82, 2.24) is 0 Å². The summed E-state index contributed by atoms with van der Waals surface area (Å²) >= 11 is 0. The molecule has 1 rings (SSSR count). The topological polar surface area (TPSA) is 52.6 Å². The molecule has 0 aliphatic rings. The molecule has 1 aromatic carbocycles. The Balaban J connectivity index is 2.73. The minimum atomic E-state index is -0.270. The third kappa shape index (κ3) is 13.2. The van der Waals surface area contributed by atoms with Crippen molar-refractivity contribution in [2.75, 3.05) is 0 Å². The van der Waals surface area contributed by atoms with Crippen molar-refractivity contribution in [3.05, 3.63) is 23.8 Å². The number of esters is 2. The second kappa shape index (κ2) is 15.0. The fourth-order valence-corrected chi connectivity index (χ4v) is 3.32. The Bertz CT molecular complexity index is 661. The molecule has 0 N–H and O–H groups in total. The number of benzene rings is 1. The zero-order valence-corrected chi connectivity index (χ0v) is 20.7. The average Bonchev–Trinajstić information content (AvgIpc) is 2.68. The van der Waals surface area contributed by atoms with Crippen LogP contribution in [0.2, 0.25) is 0 Å². The lowest BCUT2D eigenvalue weighted by Crippen LogP contribution is -2.12. The van der Waals surface area contributed by atoms with E-state index in [1.807, 2.05) is 12.1 Å². The first-order chi connectivity index (χ1) is 14.7. The van der Waals surface area contributed by atoms with Gasteiger partial charge >= 0.3 is 11.9 Å². The number of hydrogen-bond acceptors (Lipinski definition) is 4. The molecule has 176 valence electrons. The molecule has 0 aliphatic heterocycles. The quantitative estimate of drug-likeness (QED) is 0.163. The average molecular weight is 433 g/mol. The normalized spacial score (nSPS) is 11.4. The summed E-state index contributed by atoms with van der Waals surface area (Å²) in [6.45, 7) is 13.1. The minimum Gasteiger partial charge on any atom is -0.423 e. The lowest BCUT2D eigenvalue weighted by atomic mass is 10.0. The van der Waals surface area contributed by atoms with Gasteiger partial charge in [-0.2, -0.15) is 0 Å². The molecule has 0 aliphatic carbocycles. The summed E-state index contributed by atoms with van der Waals surface area (Å²) in [6, 6.07) is 5.59. The van der Waals surface area contributed by atoms with E-state index in [2.05, 4.69) is 41.5 Å². The Labute approximate surface area is 190 Å². The van der Waals surface area contributed by atoms with Gasteiger partial charge in [-0.3, -0.25) is 9.59 Å². The van der Waals surface area contributed by atoms with Gasteiger partial charge in [0.05, 0.1) is 0 Å². The van der Waals surface area contributed by atoms with Gasteiger partial charge in [0.15, 0.2) is 11.5 Å². The Morgan fingerprint density at radius 3 is 1.65 bits per heavy atom. The summed E-state index contributed by atoms with van der Waals surface area (Å²) in [6.07, 6.45) is 8.59. The summed E-state index contributed by atoms with van der Waals surface area (Å²) < 4.78 is 11.2. The van der Waals surface area contributed by atoms with E-state index in [-0.39, 0.29) is 11.9 Å². The molecular formula is C27H44O4. The van der Waals surface area contributed by atoms with E-state index in [0.717, 1.165) is 56.9 Å². The Morgan fingerprint density at radius 1 is 0.677 bits per heavy atom. The molecule has 0 saturated carbocycles. The van der Waals surface area contributed by atoms with Crippen LogP contribution in [0.3, 0.4) is 0 Å². The van der Waals surface area contributed by atoms with E-state index in [4.69, 9.17) is 9.47 Å². The van der Waals surface area contributed by atoms with Crippen LogP contribution in [0, 0.1) is 17.8 Å². The van der Waals surface area contributed by atoms with Gasteiger partial charge in [-0.1, -0.05) is 73.3 Å². The molecule has 4 heteroatoms. The first-order valence-corrected chi connectivity index (χ1v) is 12.2. The summed E-state index contributed by atoms with van der Waals surface area (Å²) in [5.74, 6) is 2.05. The largest absolute Gasteiger partial charge is 0.423 e. The molecule has 0 fully saturated rings. The molecule has 31 heavy (non-hydrogen) atoms. The molecule has 0 saturated heterocycles. The molecule has 0 radical (unpaired) electrons. The molecule has 0 atom stereocenters. The van der Waals surface area contributed by atoms with Crippen molar-refractivity contribution in [3.63, 3.8) is 0 Å². The second-order valence-corrected chi connectivity index (χ2v) is 9.94. The van der Waals surface area contributed by atoms with Gasteiger partial charge in [0, 0.05) is 12.8 Å². The van der Waals surface area contributed by atoms with Gasteiger partial charge < -0.3 is 9.47 Å². The van der Waals surface area contributed by atoms with Gasteiger partial charge in [0.2, 0.25) is 0 Å². The maximum atomic E-state index is 12.4. The van der Waals surface area contributed by atoms with E-state index in [0.29, 0.717) is 42.1 Å². The van der Waals surface area contributed by atoms with Gasteiger partial charge in [-0.25, -0.2) is 0 Å². The van der Waals surface area contributed by atoms with Crippen molar-refractivity contribution in [2.24, 2.45) is 17.8 Å². The number of ether oxygens (including phenoxy) is 2. The SMILES string of the molecule is CC(C)CCCCC(=O)Oc1ccc(CCC(C)C)cc1OC(=O)CCCCC(C)C. The zero-order chi connectivity index (χ0) is 23.2. The fourth-order valence-electron chi connectivity index (χ4n) is 3.32. The summed E-state index contributed by atoms with van der Waals surface area (Å²) in [4.78, 5) is 24.7. The van der Waals surface area contributed by atoms with Crippen LogP contribution in [0.25, 0.3) is 0 Å². The van der Waals surface area contributed by atoms with Crippen LogP contribution in [0.5, 0.6) is 11.5 Å². The standard InChI is InChI=1S/C27H44O4/c1-20(2)11-7-9-13-26(28)30-24-18-17-23(16-15-22(5)6)19-25(24)31-27(29)14-10-8-12-21(3)4/h17-22H,7-16H2,1-6H3. The second-order valence-electron chi connectivity index (χ2n) is 9.94. The van der Waals surface area contributed by atoms with E-state index >= 15 is 0 Å². The molecule has 0 amide bonds. The highest BCUT2D eigenvalue weighted by atomic mass is 16.6. The van der Waals surface area contributed by atoms with Gasteiger partial charge in [-0.05, 0) is 61.1 Å². The smallest absolute Gasteiger partial charge is 0.311 e. The number of carbonyl (C=O) groups is 2. The molecular weight excluding hydrogens is 388 g/mol. The predicted octanol–water partition coefficient (Wildman–Crippen LogP) is 7.52. The Kier molecular flexibility index (Phi) is 13.2. The summed E-state index contributed by atoms with van der Waals surface area (Å²) in [5, 5.41) is 0. The van der Waals surface area contributed by atoms with Crippen molar-refractivity contribution in [3.8, 4) is 11.5 Å². The zero-order valence-electron chi connectivity index (χ0n) is 20.7. The van der Waals surface area contributed by atoms with Gasteiger partial charge in [0.25, 0.3) is 0 Å². The number of unbranched alkanes of at least 4 members (excludes halogenated alkanes) is 2. The van der Waals surface area contributed by atoms with E-state index < -0.39 is 0 Å². The van der Waals surface area contributed by atoms with Crippen LogP contribution in [0.4, 0.5) is 0 Å². The predicted molar refractivity (Wildman–Crippen MR) is 127 cm³/mol. The first-order valence-electron chi connectivity index (χ1n) is 12.2. The minimum absolute atomic E-state index is 0.265. The van der Waals surface area contributed by atoms with Gasteiger partial charge in [0.1, 0.15) is 0 Å². The number of aryl methyl sites for hydroxylation is 1. The third-order valence-corrected chi connectivity index (χ3v) is 5.29. The highest BCUT2D eigenvalue weighted by Gasteiger charge is 2.15. The van der Waals surface area contributed by atoms with Crippen molar-refractivity contribution < 1.29 is 19.1 Å². The van der Waals surface area contributed by atoms with Crippen molar-refractivity contribution in [2.45, 2.75) is 106 Å². The van der Waals surface area contributed by atoms with E-state index in [1.165, 1.54) is 0 Å². The van der Waals surface area contributed by atoms with Crippen molar-refractivity contribution >= 4 is 11.9 Å². The molecule has 0 unspecified atom stereocenters. The highest BCUT2D eigenvalue weighted by Crippen LogP contribution is 2.30. The molecule has 4 nitrogen and oxygen atoms in total. The number of rotatable bonds is 15. The van der Waals surface area contributed by atoms with Crippen LogP contribution in [0.15, 0.2) is 18.2 Å². The maximum absolute atomic E-state index is 12.4. The fraction of sp³-hybridized carbons (Fsp3) is 0.704. The highest BCUT2D eigenvalue weighted by molar-refractivity contribution is 5.76. The maximum Gasteiger partial charge on any atom is 0.311 e.